The van der Waals surface area contributed by atoms with Crippen LogP contribution in [0.2, 0.25) is 5.15 Å². The molecule has 0 aliphatic carbocycles. The molecule has 0 saturated heterocycles. The summed E-state index contributed by atoms with van der Waals surface area (Å²) in [5.41, 5.74) is 10.8. The van der Waals surface area contributed by atoms with Crippen LogP contribution in [0.4, 0.5) is 11.4 Å². The maximum Gasteiger partial charge on any atom is 0.268 e. The Balaban J connectivity index is 1.41. The summed E-state index contributed by atoms with van der Waals surface area (Å²) in [6.07, 6.45) is 2.45. The highest BCUT2D eigenvalue weighted by atomic mass is 35.5. The first-order chi connectivity index (χ1) is 15.1. The average Bonchev–Trinajstić information content (AvgIpc) is 3.10. The van der Waals surface area contributed by atoms with Gasteiger partial charge in [0.2, 0.25) is 0 Å². The normalized spacial score (nSPS) is 13.8. The molecule has 3 aromatic heterocycles. The second-order valence-electron chi connectivity index (χ2n) is 7.53. The molecule has 5 rings (SSSR count). The van der Waals surface area contributed by atoms with Crippen molar-refractivity contribution in [1.82, 2.24) is 14.9 Å². The topological polar surface area (TPSA) is 84.1 Å². The van der Waals surface area contributed by atoms with E-state index in [1.165, 1.54) is 22.5 Å². The van der Waals surface area contributed by atoms with Crippen LogP contribution in [0.1, 0.15) is 26.5 Å². The number of halogens is 1. The number of fused-ring (bicyclic) bond motifs is 2. The fraction of sp³-hybridized carbons (Fsp3) is 0.174. The summed E-state index contributed by atoms with van der Waals surface area (Å²) in [7, 11) is 0. The van der Waals surface area contributed by atoms with E-state index in [1.807, 2.05) is 6.07 Å². The lowest BCUT2D eigenvalue weighted by Gasteiger charge is -2.28. The number of amides is 1. The van der Waals surface area contributed by atoms with Crippen LogP contribution in [0.5, 0.6) is 0 Å². The van der Waals surface area contributed by atoms with Gasteiger partial charge in [-0.05, 0) is 29.3 Å². The van der Waals surface area contributed by atoms with Crippen molar-refractivity contribution in [2.24, 2.45) is 0 Å². The number of hydrogen-bond donors (Lipinski definition) is 2. The molecule has 0 atom stereocenters. The number of hydrogen-bond acceptors (Lipinski definition) is 6. The number of aromatic nitrogens is 2. The van der Waals surface area contributed by atoms with Crippen molar-refractivity contribution in [3.8, 4) is 0 Å². The molecule has 1 aliphatic rings. The summed E-state index contributed by atoms with van der Waals surface area (Å²) in [5, 5.41) is 3.86. The smallest absolute Gasteiger partial charge is 0.268 e. The number of benzene rings is 1. The summed E-state index contributed by atoms with van der Waals surface area (Å²) < 4.78 is 0. The number of nitrogens with two attached hydrogens (primary N) is 1. The van der Waals surface area contributed by atoms with Crippen molar-refractivity contribution in [3.63, 3.8) is 0 Å². The third-order valence-corrected chi connectivity index (χ3v) is 6.83. The predicted molar refractivity (Wildman–Crippen MR) is 125 cm³/mol. The van der Waals surface area contributed by atoms with Crippen LogP contribution in [-0.2, 0) is 19.5 Å². The molecule has 0 radical (unpaired) electrons. The van der Waals surface area contributed by atoms with Gasteiger partial charge in [0.25, 0.3) is 5.91 Å². The minimum Gasteiger partial charge on any atom is -0.397 e. The quantitative estimate of drug-likeness (QED) is 0.440. The van der Waals surface area contributed by atoms with Gasteiger partial charge in [0, 0.05) is 43.3 Å². The summed E-state index contributed by atoms with van der Waals surface area (Å²) in [4.78, 5) is 25.3. The molecule has 3 N–H and O–H groups in total. The van der Waals surface area contributed by atoms with Gasteiger partial charge in [-0.3, -0.25) is 9.69 Å². The standard InChI is InChI=1S/C23H20ClN5OS/c24-21-18(7-4-9-26-21)27-22(30)20-19(25)16-11-15-13-29(12-14-5-2-1-3-6-14)10-8-17(15)28-23(16)31-20/h1-7,9,11H,8,10,12-13,25H2,(H,27,30). The number of nitrogens with one attached hydrogen (secondary N) is 1. The molecule has 0 saturated carbocycles. The third-order valence-electron chi connectivity index (χ3n) is 5.41. The van der Waals surface area contributed by atoms with Gasteiger partial charge in [-0.25, -0.2) is 9.97 Å². The summed E-state index contributed by atoms with van der Waals surface area (Å²) in [6.45, 7) is 2.67. The van der Waals surface area contributed by atoms with Gasteiger partial charge in [0.15, 0.2) is 5.15 Å². The van der Waals surface area contributed by atoms with E-state index in [1.54, 1.807) is 18.3 Å². The van der Waals surface area contributed by atoms with E-state index < -0.39 is 0 Å². The molecule has 0 spiro atoms. The SMILES string of the molecule is Nc1c(C(=O)Nc2cccnc2Cl)sc2nc3c(cc12)CN(Cc1ccccc1)CC3. The lowest BCUT2D eigenvalue weighted by molar-refractivity contribution is 0.103. The highest BCUT2D eigenvalue weighted by Gasteiger charge is 2.23. The Kier molecular flexibility index (Phi) is 5.31. The second kappa shape index (κ2) is 8.26. The molecule has 8 heteroatoms. The first-order valence-corrected chi connectivity index (χ1v) is 11.2. The fourth-order valence-electron chi connectivity index (χ4n) is 3.86. The van der Waals surface area contributed by atoms with Gasteiger partial charge >= 0.3 is 0 Å². The average molecular weight is 450 g/mol. The maximum atomic E-state index is 12.8. The van der Waals surface area contributed by atoms with Crippen LogP contribution in [0.3, 0.4) is 0 Å². The largest absolute Gasteiger partial charge is 0.397 e. The monoisotopic (exact) mass is 449 g/mol. The van der Waals surface area contributed by atoms with Gasteiger partial charge in [0.05, 0.1) is 11.4 Å². The van der Waals surface area contributed by atoms with Gasteiger partial charge in [-0.15, -0.1) is 11.3 Å². The molecule has 0 fully saturated rings. The van der Waals surface area contributed by atoms with Crippen LogP contribution >= 0.6 is 22.9 Å². The van der Waals surface area contributed by atoms with E-state index in [0.717, 1.165) is 42.0 Å². The number of nitrogen functional groups attached to an aromatic ring is 1. The van der Waals surface area contributed by atoms with Crippen molar-refractivity contribution < 1.29 is 4.79 Å². The number of nitrogens with zero attached hydrogens (tertiary/aromatic N) is 3. The van der Waals surface area contributed by atoms with Crippen LogP contribution < -0.4 is 11.1 Å². The molecular weight excluding hydrogens is 430 g/mol. The molecular formula is C23H20ClN5OS. The van der Waals surface area contributed by atoms with Crippen molar-refractivity contribution in [1.29, 1.82) is 0 Å². The minimum atomic E-state index is -0.306. The first kappa shape index (κ1) is 19.9. The number of anilines is 2. The van der Waals surface area contributed by atoms with Crippen molar-refractivity contribution in [3.05, 3.63) is 81.6 Å². The molecule has 4 heterocycles. The Morgan fingerprint density at radius 2 is 2.06 bits per heavy atom. The second-order valence-corrected chi connectivity index (χ2v) is 8.89. The molecule has 31 heavy (non-hydrogen) atoms. The van der Waals surface area contributed by atoms with Gasteiger partial charge in [0.1, 0.15) is 9.71 Å². The van der Waals surface area contributed by atoms with Crippen LogP contribution in [0.25, 0.3) is 10.2 Å². The Labute approximate surface area is 188 Å². The Morgan fingerprint density at radius 3 is 2.87 bits per heavy atom. The summed E-state index contributed by atoms with van der Waals surface area (Å²) in [5.74, 6) is -0.306. The lowest BCUT2D eigenvalue weighted by atomic mass is 10.0. The van der Waals surface area contributed by atoms with E-state index in [4.69, 9.17) is 22.3 Å². The van der Waals surface area contributed by atoms with Crippen molar-refractivity contribution in [2.45, 2.75) is 19.5 Å². The van der Waals surface area contributed by atoms with E-state index in [-0.39, 0.29) is 11.1 Å². The fourth-order valence-corrected chi connectivity index (χ4v) is 5.02. The van der Waals surface area contributed by atoms with Crippen molar-refractivity contribution >= 4 is 50.4 Å². The number of pyridine rings is 2. The maximum absolute atomic E-state index is 12.8. The van der Waals surface area contributed by atoms with E-state index in [2.05, 4.69) is 45.5 Å². The first-order valence-electron chi connectivity index (χ1n) is 9.97. The summed E-state index contributed by atoms with van der Waals surface area (Å²) >= 11 is 7.37. The zero-order valence-electron chi connectivity index (χ0n) is 16.6. The van der Waals surface area contributed by atoms with Gasteiger partial charge in [-0.2, -0.15) is 0 Å². The summed E-state index contributed by atoms with van der Waals surface area (Å²) in [6, 6.07) is 16.0. The number of carbonyl (C=O) groups excluding carboxylic acids is 1. The highest BCUT2D eigenvalue weighted by molar-refractivity contribution is 7.21. The molecule has 0 unspecified atom stereocenters. The Bertz CT molecular complexity index is 1270. The number of carbonyl (C=O) groups is 1. The van der Waals surface area contributed by atoms with Crippen LogP contribution in [-0.4, -0.2) is 27.3 Å². The molecule has 1 aliphatic heterocycles. The van der Waals surface area contributed by atoms with Crippen LogP contribution in [0.15, 0.2) is 54.7 Å². The molecule has 4 aromatic rings. The minimum absolute atomic E-state index is 0.239. The Hall–Kier alpha value is -3.00. The molecule has 6 nitrogen and oxygen atoms in total. The van der Waals surface area contributed by atoms with E-state index >= 15 is 0 Å². The lowest BCUT2D eigenvalue weighted by Crippen LogP contribution is -2.30. The molecule has 0 bridgehead atoms. The number of thiophene rings is 1. The highest BCUT2D eigenvalue weighted by Crippen LogP contribution is 2.36. The molecule has 1 aromatic carbocycles. The molecule has 156 valence electrons. The van der Waals surface area contributed by atoms with Crippen LogP contribution in [0, 0.1) is 0 Å². The zero-order chi connectivity index (χ0) is 21.4. The number of rotatable bonds is 4. The van der Waals surface area contributed by atoms with Gasteiger partial charge < -0.3 is 11.1 Å². The Morgan fingerprint density at radius 1 is 1.23 bits per heavy atom. The van der Waals surface area contributed by atoms with E-state index in [9.17, 15) is 4.79 Å². The van der Waals surface area contributed by atoms with Crippen molar-refractivity contribution in [2.75, 3.05) is 17.6 Å². The molecule has 1 amide bonds. The predicted octanol–water partition coefficient (Wildman–Crippen LogP) is 4.74. The van der Waals surface area contributed by atoms with E-state index in [0.29, 0.717) is 16.3 Å². The van der Waals surface area contributed by atoms with Gasteiger partial charge in [-0.1, -0.05) is 41.9 Å². The third kappa shape index (κ3) is 3.99. The zero-order valence-corrected chi connectivity index (χ0v) is 18.2.